The van der Waals surface area contributed by atoms with Crippen LogP contribution in [-0.4, -0.2) is 59.3 Å². The van der Waals surface area contributed by atoms with Crippen molar-refractivity contribution in [3.63, 3.8) is 0 Å². The standard InChI is InChI=1S/C20H25F3N2O7/c1-11(2)15(16(28)24-13(17(29)30)9-10-14(26)27)25-18(31)19(32-3,20(21,22)23)12-7-5-4-6-8-12/h4-8,11,13,15H,9-10H2,1-3H3,(H,24,28)(H,25,31)(H,26,27)(H,29,30)/t13-,15-,19+/m0/s1/i/hD. The molecule has 0 aliphatic heterocycles. The number of alkyl halides is 3. The first-order chi connectivity index (χ1) is 15.2. The summed E-state index contributed by atoms with van der Waals surface area (Å²) < 4.78 is 55.2. The molecule has 0 bridgehead atoms. The van der Waals surface area contributed by atoms with Crippen LogP contribution < -0.4 is 10.6 Å². The predicted molar refractivity (Wildman–Crippen MR) is 104 cm³/mol. The average molecular weight is 463 g/mol. The van der Waals surface area contributed by atoms with Crippen molar-refractivity contribution in [1.82, 2.24) is 10.6 Å². The highest BCUT2D eigenvalue weighted by Crippen LogP contribution is 2.42. The van der Waals surface area contributed by atoms with Crippen LogP contribution in [0.3, 0.4) is 0 Å². The Labute approximate surface area is 183 Å². The maximum Gasteiger partial charge on any atom is 0.430 e. The van der Waals surface area contributed by atoms with Crippen molar-refractivity contribution >= 4 is 23.8 Å². The largest absolute Gasteiger partial charge is 0.481 e. The lowest BCUT2D eigenvalue weighted by molar-refractivity contribution is -0.266. The summed E-state index contributed by atoms with van der Waals surface area (Å²) in [6.45, 7) is 2.69. The first kappa shape index (κ1) is 25.1. The van der Waals surface area contributed by atoms with Crippen LogP contribution >= 0.6 is 0 Å². The summed E-state index contributed by atoms with van der Waals surface area (Å²) in [5.74, 6) is -6.97. The second kappa shape index (κ2) is 10.9. The first-order valence-corrected chi connectivity index (χ1v) is 9.45. The Bertz CT molecular complexity index is 867. The quantitative estimate of drug-likeness (QED) is 0.391. The van der Waals surface area contributed by atoms with Gasteiger partial charge in [0.25, 0.3) is 11.5 Å². The zero-order valence-corrected chi connectivity index (χ0v) is 17.5. The number of hydrogen-bond donors (Lipinski definition) is 4. The van der Waals surface area contributed by atoms with Gasteiger partial charge in [-0.05, 0) is 12.3 Å². The van der Waals surface area contributed by atoms with Crippen LogP contribution in [0.15, 0.2) is 30.3 Å². The number of methoxy groups -OCH3 is 1. The van der Waals surface area contributed by atoms with E-state index in [9.17, 15) is 37.5 Å². The molecule has 0 heterocycles. The van der Waals surface area contributed by atoms with Crippen LogP contribution in [0.1, 0.15) is 32.3 Å². The van der Waals surface area contributed by atoms with Crippen LogP contribution in [0.25, 0.3) is 0 Å². The Morgan fingerprint density at radius 3 is 2.09 bits per heavy atom. The highest BCUT2D eigenvalue weighted by molar-refractivity contribution is 5.94. The molecule has 0 spiro atoms. The molecule has 9 nitrogen and oxygen atoms in total. The lowest BCUT2D eigenvalue weighted by Gasteiger charge is -2.35. The third-order valence-electron chi connectivity index (χ3n) is 4.60. The molecule has 32 heavy (non-hydrogen) atoms. The minimum atomic E-state index is -5.32. The molecule has 2 amide bonds. The Morgan fingerprint density at radius 2 is 1.69 bits per heavy atom. The third kappa shape index (κ3) is 6.19. The molecule has 1 aromatic carbocycles. The fraction of sp³-hybridized carbons (Fsp3) is 0.500. The summed E-state index contributed by atoms with van der Waals surface area (Å²) in [5.41, 5.74) is -4.21. The van der Waals surface area contributed by atoms with E-state index in [0.717, 1.165) is 12.1 Å². The molecule has 0 aliphatic rings. The molecule has 4 N–H and O–H groups in total. The number of carbonyl (C=O) groups excluding carboxylic acids is 2. The first-order valence-electron chi connectivity index (χ1n) is 9.90. The van der Waals surface area contributed by atoms with Gasteiger partial charge in [-0.25, -0.2) is 4.79 Å². The lowest BCUT2D eigenvalue weighted by atomic mass is 9.90. The molecular formula is C20H25F3N2O7. The SMILES string of the molecule is [2H]N(C(=O)[C@](OC)(c1ccccc1)C(F)(F)F)[C@H](C(=O)N[C@@H](CCC(=O)O)C(=O)O)C(C)C. The van der Waals surface area contributed by atoms with E-state index >= 15 is 0 Å². The van der Waals surface area contributed by atoms with E-state index in [1.807, 2.05) is 5.32 Å². The van der Waals surface area contributed by atoms with E-state index in [1.54, 1.807) is 0 Å². The van der Waals surface area contributed by atoms with E-state index < -0.39 is 71.9 Å². The summed E-state index contributed by atoms with van der Waals surface area (Å²) in [6, 6.07) is 2.33. The van der Waals surface area contributed by atoms with Gasteiger partial charge in [0, 0.05) is 19.1 Å². The zero-order chi connectivity index (χ0) is 25.6. The number of ether oxygens (including phenoxy) is 1. The highest BCUT2D eigenvalue weighted by Gasteiger charge is 2.63. The van der Waals surface area contributed by atoms with E-state index in [1.165, 1.54) is 32.0 Å². The number of hydrogen-bond acceptors (Lipinski definition) is 5. The molecular weight excluding hydrogens is 437 g/mol. The molecule has 0 fully saturated rings. The number of carboxylic acids is 2. The van der Waals surface area contributed by atoms with E-state index in [4.69, 9.17) is 6.52 Å². The van der Waals surface area contributed by atoms with Crippen LogP contribution in [0.4, 0.5) is 13.2 Å². The number of amides is 2. The Balaban J connectivity index is 3.37. The van der Waals surface area contributed by atoms with E-state index in [0.29, 0.717) is 7.11 Å². The van der Waals surface area contributed by atoms with Gasteiger partial charge in [0.15, 0.2) is 1.41 Å². The van der Waals surface area contributed by atoms with Crippen molar-refractivity contribution in [2.45, 2.75) is 50.6 Å². The van der Waals surface area contributed by atoms with Gasteiger partial charge in [-0.2, -0.15) is 13.2 Å². The summed E-state index contributed by atoms with van der Waals surface area (Å²) in [6.07, 6.45) is -6.44. The normalized spacial score (nSPS) is 15.8. The molecule has 0 saturated heterocycles. The maximum atomic E-state index is 14.1. The summed E-state index contributed by atoms with van der Waals surface area (Å²) in [5, 5.41) is 19.8. The second-order valence-corrected chi connectivity index (χ2v) is 7.20. The topological polar surface area (TPSA) is 142 Å². The van der Waals surface area contributed by atoms with Gasteiger partial charge in [0.1, 0.15) is 12.1 Å². The summed E-state index contributed by atoms with van der Waals surface area (Å²) >= 11 is 0. The van der Waals surface area contributed by atoms with Crippen LogP contribution in [0, 0.1) is 5.92 Å². The second-order valence-electron chi connectivity index (χ2n) is 7.20. The smallest absolute Gasteiger partial charge is 0.430 e. The fourth-order valence-corrected chi connectivity index (χ4v) is 2.91. The maximum absolute atomic E-state index is 14.1. The van der Waals surface area contributed by atoms with Crippen LogP contribution in [0.5, 0.6) is 0 Å². The van der Waals surface area contributed by atoms with Crippen molar-refractivity contribution in [3.8, 4) is 0 Å². The van der Waals surface area contributed by atoms with Crippen molar-refractivity contribution in [2.24, 2.45) is 5.92 Å². The monoisotopic (exact) mass is 463 g/mol. The fourth-order valence-electron chi connectivity index (χ4n) is 2.91. The number of carbonyl (C=O) groups is 4. The molecule has 178 valence electrons. The minimum absolute atomic E-state index is 0.180. The highest BCUT2D eigenvalue weighted by atomic mass is 19.4. The van der Waals surface area contributed by atoms with Crippen molar-refractivity contribution in [3.05, 3.63) is 35.9 Å². The zero-order valence-electron chi connectivity index (χ0n) is 18.5. The Morgan fingerprint density at radius 1 is 1.12 bits per heavy atom. The number of carboxylic acid groups (broad SMARTS) is 2. The van der Waals surface area contributed by atoms with Crippen molar-refractivity contribution in [2.75, 3.05) is 7.11 Å². The molecule has 0 aliphatic carbocycles. The van der Waals surface area contributed by atoms with Crippen LogP contribution in [0.2, 0.25) is 1.41 Å². The molecule has 3 atom stereocenters. The van der Waals surface area contributed by atoms with Gasteiger partial charge in [0.05, 0.1) is 0 Å². The molecule has 0 aromatic heterocycles. The number of nitrogens with one attached hydrogen (secondary N) is 2. The Hall–Kier alpha value is -3.15. The number of aliphatic carboxylic acids is 2. The van der Waals surface area contributed by atoms with Gasteiger partial charge < -0.3 is 25.6 Å². The number of rotatable bonds is 11. The molecule has 1 rings (SSSR count). The van der Waals surface area contributed by atoms with Gasteiger partial charge in [0.2, 0.25) is 5.91 Å². The molecule has 1 aromatic rings. The van der Waals surface area contributed by atoms with E-state index in [2.05, 4.69) is 4.74 Å². The summed E-state index contributed by atoms with van der Waals surface area (Å²) in [7, 11) is 0.642. The number of halogens is 3. The molecule has 0 saturated carbocycles. The van der Waals surface area contributed by atoms with Crippen molar-refractivity contribution < 1.29 is 48.7 Å². The minimum Gasteiger partial charge on any atom is -0.481 e. The molecule has 0 radical (unpaired) electrons. The predicted octanol–water partition coefficient (Wildman–Crippen LogP) is 1.67. The van der Waals surface area contributed by atoms with Crippen molar-refractivity contribution in [1.29, 1.82) is 0 Å². The van der Waals surface area contributed by atoms with Gasteiger partial charge in [-0.15, -0.1) is 0 Å². The van der Waals surface area contributed by atoms with Gasteiger partial charge >= 0.3 is 18.1 Å². The van der Waals surface area contributed by atoms with Gasteiger partial charge in [-0.1, -0.05) is 44.2 Å². The average Bonchev–Trinajstić information content (AvgIpc) is 2.71. The molecule has 0 unspecified atom stereocenters. The Kier molecular flexibility index (Phi) is 8.58. The van der Waals surface area contributed by atoms with Gasteiger partial charge in [-0.3, -0.25) is 14.4 Å². The number of benzene rings is 1. The molecule has 12 heteroatoms. The summed E-state index contributed by atoms with van der Waals surface area (Å²) in [4.78, 5) is 47.9. The van der Waals surface area contributed by atoms with E-state index in [-0.39, 0.29) is 5.31 Å². The van der Waals surface area contributed by atoms with Crippen LogP contribution in [-0.2, 0) is 29.5 Å². The third-order valence-corrected chi connectivity index (χ3v) is 4.60. The lowest BCUT2D eigenvalue weighted by Crippen LogP contribution is -2.61.